The van der Waals surface area contributed by atoms with E-state index in [9.17, 15) is 0 Å². The predicted molar refractivity (Wildman–Crippen MR) is 162 cm³/mol. The maximum atomic E-state index is 4.33. The summed E-state index contributed by atoms with van der Waals surface area (Å²) in [4.78, 5) is 2.48. The third-order valence-electron chi connectivity index (χ3n) is 8.29. The van der Waals surface area contributed by atoms with E-state index in [1.807, 2.05) is 0 Å². The Morgan fingerprint density at radius 1 is 0.486 bits per heavy atom. The van der Waals surface area contributed by atoms with Gasteiger partial charge < -0.3 is 4.90 Å². The molecule has 190 valence electrons. The molecular formula is C36H41N. The molecule has 1 nitrogen and oxygen atoms in total. The first-order chi connectivity index (χ1) is 17.9. The van der Waals surface area contributed by atoms with Crippen molar-refractivity contribution in [2.24, 2.45) is 23.7 Å². The molecule has 0 saturated heterocycles. The van der Waals surface area contributed by atoms with Crippen molar-refractivity contribution >= 4 is 11.4 Å². The van der Waals surface area contributed by atoms with Gasteiger partial charge in [0.15, 0.2) is 0 Å². The normalized spacial score (nSPS) is 14.5. The summed E-state index contributed by atoms with van der Waals surface area (Å²) in [5.41, 5.74) is 7.31. The highest BCUT2D eigenvalue weighted by Crippen LogP contribution is 2.38. The summed E-state index contributed by atoms with van der Waals surface area (Å²) in [6.07, 6.45) is 2.14. The van der Waals surface area contributed by atoms with Gasteiger partial charge in [0.25, 0.3) is 0 Å². The molecule has 4 aromatic rings. The van der Waals surface area contributed by atoms with Crippen molar-refractivity contribution in [1.29, 1.82) is 0 Å². The van der Waals surface area contributed by atoms with Crippen LogP contribution in [0.2, 0.25) is 0 Å². The minimum atomic E-state index is 0.168. The molecule has 4 rings (SSSR count). The topological polar surface area (TPSA) is 3.24 Å². The Hall–Kier alpha value is -3.58. The van der Waals surface area contributed by atoms with Crippen LogP contribution in [0.3, 0.4) is 0 Å². The zero-order chi connectivity index (χ0) is 26.4. The van der Waals surface area contributed by atoms with Crippen LogP contribution in [0, 0.1) is 23.7 Å². The second kappa shape index (κ2) is 12.1. The molecule has 1 heteroatoms. The second-order valence-corrected chi connectivity index (χ2v) is 10.7. The van der Waals surface area contributed by atoms with E-state index in [0.717, 1.165) is 0 Å². The van der Waals surface area contributed by atoms with Crippen LogP contribution in [-0.4, -0.2) is 6.04 Å². The molecule has 0 fully saturated rings. The maximum Gasteiger partial charge on any atom is 0.0547 e. The number of rotatable bonds is 10. The highest BCUT2D eigenvalue weighted by atomic mass is 15.2. The highest BCUT2D eigenvalue weighted by molar-refractivity contribution is 5.73. The molecule has 0 bridgehead atoms. The van der Waals surface area contributed by atoms with Gasteiger partial charge in [-0.3, -0.25) is 0 Å². The van der Waals surface area contributed by atoms with Gasteiger partial charge in [-0.25, -0.2) is 0 Å². The van der Waals surface area contributed by atoms with Crippen LogP contribution in [0.4, 0.5) is 11.4 Å². The lowest BCUT2D eigenvalue weighted by atomic mass is 9.75. The van der Waals surface area contributed by atoms with E-state index >= 15 is 0 Å². The zero-order valence-electron chi connectivity index (χ0n) is 23.0. The van der Waals surface area contributed by atoms with Crippen molar-refractivity contribution in [3.05, 3.63) is 122 Å². The minimum Gasteiger partial charge on any atom is -0.334 e. The molecule has 0 amide bonds. The van der Waals surface area contributed by atoms with Gasteiger partial charge in [-0.1, -0.05) is 126 Å². The summed E-state index contributed by atoms with van der Waals surface area (Å²) in [6.45, 7) is 16.2. The van der Waals surface area contributed by atoms with Gasteiger partial charge in [0.1, 0.15) is 0 Å². The molecule has 0 heterocycles. The third-order valence-corrected chi connectivity index (χ3v) is 8.29. The lowest BCUT2D eigenvalue weighted by Gasteiger charge is -2.40. The molecule has 0 aliphatic carbocycles. The largest absolute Gasteiger partial charge is 0.334 e. The Balaban J connectivity index is 1.74. The maximum absolute atomic E-state index is 4.33. The summed E-state index contributed by atoms with van der Waals surface area (Å²) in [6, 6.07) is 39.3. The van der Waals surface area contributed by atoms with E-state index in [1.54, 1.807) is 0 Å². The zero-order valence-corrected chi connectivity index (χ0v) is 23.0. The minimum absolute atomic E-state index is 0.168. The highest BCUT2D eigenvalue weighted by Gasteiger charge is 2.31. The van der Waals surface area contributed by atoms with Crippen molar-refractivity contribution in [1.82, 2.24) is 0 Å². The number of benzene rings is 4. The quantitative estimate of drug-likeness (QED) is 0.201. The Bertz CT molecular complexity index is 1160. The summed E-state index contributed by atoms with van der Waals surface area (Å²) >= 11 is 0. The monoisotopic (exact) mass is 487 g/mol. The lowest BCUT2D eigenvalue weighted by molar-refractivity contribution is 0.211. The van der Waals surface area contributed by atoms with E-state index in [1.165, 1.54) is 33.6 Å². The fourth-order valence-electron chi connectivity index (χ4n) is 5.34. The Kier molecular flexibility index (Phi) is 8.66. The molecule has 0 radical (unpaired) electrons. The fourth-order valence-corrected chi connectivity index (χ4v) is 5.34. The van der Waals surface area contributed by atoms with Crippen LogP contribution in [0.5, 0.6) is 0 Å². The standard InChI is InChI=1S/C36H41N/c1-7-36(29(6)28(5)27(4)26(2)3)37(34-22-18-32(19-23-34)30-14-10-8-11-15-30)35-24-20-33(21-25-35)31-16-12-9-13-17-31/h7-29,36H,1H2,2-6H3/t27-,28-,29?,36?/m0/s1. The SMILES string of the molecule is C=CC(C(C)[C@@H](C)[C@@H](C)C(C)C)N(c1ccc(-c2ccccc2)cc1)c1ccc(-c2ccccc2)cc1. The second-order valence-electron chi connectivity index (χ2n) is 10.7. The van der Waals surface area contributed by atoms with Crippen LogP contribution < -0.4 is 4.90 Å². The molecule has 37 heavy (non-hydrogen) atoms. The number of hydrogen-bond acceptors (Lipinski definition) is 1. The average molecular weight is 488 g/mol. The first-order valence-corrected chi connectivity index (χ1v) is 13.6. The van der Waals surface area contributed by atoms with Gasteiger partial charge >= 0.3 is 0 Å². The smallest absolute Gasteiger partial charge is 0.0547 e. The van der Waals surface area contributed by atoms with Crippen molar-refractivity contribution in [3.8, 4) is 22.3 Å². The molecule has 0 aromatic heterocycles. The van der Waals surface area contributed by atoms with E-state index in [0.29, 0.717) is 23.7 Å². The van der Waals surface area contributed by atoms with Crippen LogP contribution >= 0.6 is 0 Å². The molecule has 0 aliphatic rings. The van der Waals surface area contributed by atoms with Gasteiger partial charge in [0, 0.05) is 11.4 Å². The average Bonchev–Trinajstić information content (AvgIpc) is 2.96. The van der Waals surface area contributed by atoms with Crippen molar-refractivity contribution < 1.29 is 0 Å². The van der Waals surface area contributed by atoms with Gasteiger partial charge in [0.2, 0.25) is 0 Å². The summed E-state index contributed by atoms with van der Waals surface area (Å²) in [5.74, 6) is 2.25. The van der Waals surface area contributed by atoms with Gasteiger partial charge in [-0.15, -0.1) is 6.58 Å². The number of hydrogen-bond donors (Lipinski definition) is 0. The summed E-state index contributed by atoms with van der Waals surface area (Å²) in [5, 5.41) is 0. The van der Waals surface area contributed by atoms with E-state index < -0.39 is 0 Å². The molecule has 4 aromatic carbocycles. The van der Waals surface area contributed by atoms with E-state index in [4.69, 9.17) is 0 Å². The van der Waals surface area contributed by atoms with Crippen LogP contribution in [0.15, 0.2) is 122 Å². The molecule has 0 saturated carbocycles. The van der Waals surface area contributed by atoms with Crippen molar-refractivity contribution in [2.45, 2.75) is 40.7 Å². The Morgan fingerprint density at radius 2 is 0.865 bits per heavy atom. The lowest BCUT2D eigenvalue weighted by Crippen LogP contribution is -2.39. The number of anilines is 2. The Morgan fingerprint density at radius 3 is 1.22 bits per heavy atom. The predicted octanol–water partition coefficient (Wildman–Crippen LogP) is 10.3. The van der Waals surface area contributed by atoms with Gasteiger partial charge in [-0.2, -0.15) is 0 Å². The van der Waals surface area contributed by atoms with Crippen molar-refractivity contribution in [2.75, 3.05) is 4.90 Å². The molecular weight excluding hydrogens is 446 g/mol. The van der Waals surface area contributed by atoms with E-state index in [2.05, 4.69) is 161 Å². The van der Waals surface area contributed by atoms with Crippen LogP contribution in [0.1, 0.15) is 34.6 Å². The Labute approximate surface area is 224 Å². The molecule has 0 aliphatic heterocycles. The fraction of sp³-hybridized carbons (Fsp3) is 0.278. The van der Waals surface area contributed by atoms with Crippen LogP contribution in [-0.2, 0) is 0 Å². The number of nitrogens with zero attached hydrogens (tertiary/aromatic N) is 1. The first-order valence-electron chi connectivity index (χ1n) is 13.6. The molecule has 0 N–H and O–H groups in total. The first kappa shape index (κ1) is 26.5. The summed E-state index contributed by atoms with van der Waals surface area (Å²) in [7, 11) is 0. The molecule has 0 spiro atoms. The van der Waals surface area contributed by atoms with Crippen LogP contribution in [0.25, 0.3) is 22.3 Å². The third kappa shape index (κ3) is 6.05. The van der Waals surface area contributed by atoms with E-state index in [-0.39, 0.29) is 6.04 Å². The molecule has 2 unspecified atom stereocenters. The summed E-state index contributed by atoms with van der Waals surface area (Å²) < 4.78 is 0. The van der Waals surface area contributed by atoms with Gasteiger partial charge in [-0.05, 0) is 70.2 Å². The molecule has 4 atom stereocenters. The van der Waals surface area contributed by atoms with Gasteiger partial charge in [0.05, 0.1) is 6.04 Å². The van der Waals surface area contributed by atoms with Crippen molar-refractivity contribution in [3.63, 3.8) is 0 Å².